The van der Waals surface area contributed by atoms with Gasteiger partial charge in [-0.25, -0.2) is 0 Å². The van der Waals surface area contributed by atoms with E-state index < -0.39 is 0 Å². The average molecular weight is 186 g/mol. The Hall–Kier alpha value is -0.120. The fraction of sp³-hybridized carbons (Fsp3) is 1.00. The van der Waals surface area contributed by atoms with Crippen LogP contribution in [0, 0.1) is 0 Å². The molecule has 2 N–H and O–H groups in total. The number of piperidine rings is 1. The first-order chi connectivity index (χ1) is 6.24. The largest absolute Gasteiger partial charge is 0.392 e. The van der Waals surface area contributed by atoms with Crippen molar-refractivity contribution in [3.8, 4) is 0 Å². The summed E-state index contributed by atoms with van der Waals surface area (Å²) in [6.45, 7) is 8.11. The lowest BCUT2D eigenvalue weighted by atomic mass is 10.1. The van der Waals surface area contributed by atoms with Crippen molar-refractivity contribution in [2.24, 2.45) is 0 Å². The van der Waals surface area contributed by atoms with Crippen molar-refractivity contribution in [1.82, 2.24) is 10.2 Å². The molecule has 78 valence electrons. The third-order valence-corrected chi connectivity index (χ3v) is 2.69. The third kappa shape index (κ3) is 3.63. The highest BCUT2D eigenvalue weighted by atomic mass is 16.3. The summed E-state index contributed by atoms with van der Waals surface area (Å²) in [5.74, 6) is 0. The van der Waals surface area contributed by atoms with Gasteiger partial charge in [-0.2, -0.15) is 0 Å². The molecular weight excluding hydrogens is 164 g/mol. The predicted octanol–water partition coefficient (Wildman–Crippen LogP) is 0.441. The van der Waals surface area contributed by atoms with Gasteiger partial charge in [0.05, 0.1) is 6.10 Å². The molecule has 0 aromatic rings. The normalized spacial score (nSPS) is 26.3. The molecule has 0 aromatic heterocycles. The van der Waals surface area contributed by atoms with Crippen LogP contribution in [-0.2, 0) is 0 Å². The van der Waals surface area contributed by atoms with Crippen LogP contribution in [0.15, 0.2) is 0 Å². The Balaban J connectivity index is 2.34. The van der Waals surface area contributed by atoms with Gasteiger partial charge in [0, 0.05) is 19.1 Å². The lowest BCUT2D eigenvalue weighted by Crippen LogP contribution is -2.48. The summed E-state index contributed by atoms with van der Waals surface area (Å²) >= 11 is 0. The minimum absolute atomic E-state index is 0.207. The lowest BCUT2D eigenvalue weighted by molar-refractivity contribution is 0.0915. The van der Waals surface area contributed by atoms with E-state index in [9.17, 15) is 5.11 Å². The first kappa shape index (κ1) is 11.0. The highest BCUT2D eigenvalue weighted by Crippen LogP contribution is 2.10. The molecule has 0 amide bonds. The molecular formula is C10H22N2O. The molecule has 13 heavy (non-hydrogen) atoms. The van der Waals surface area contributed by atoms with Crippen molar-refractivity contribution in [2.45, 2.75) is 38.8 Å². The van der Waals surface area contributed by atoms with Crippen LogP contribution in [0.25, 0.3) is 0 Å². The van der Waals surface area contributed by atoms with Gasteiger partial charge < -0.3 is 10.4 Å². The zero-order valence-electron chi connectivity index (χ0n) is 8.79. The fourth-order valence-corrected chi connectivity index (χ4v) is 2.02. The van der Waals surface area contributed by atoms with Gasteiger partial charge >= 0.3 is 0 Å². The number of nitrogens with one attached hydrogen (secondary N) is 1. The summed E-state index contributed by atoms with van der Waals surface area (Å²) in [5, 5.41) is 12.7. The lowest BCUT2D eigenvalue weighted by Gasteiger charge is -2.34. The number of rotatable bonds is 4. The molecule has 1 rings (SSSR count). The highest BCUT2D eigenvalue weighted by Gasteiger charge is 2.20. The second-order valence-electron chi connectivity index (χ2n) is 3.94. The minimum Gasteiger partial charge on any atom is -0.392 e. The molecule has 0 bridgehead atoms. The zero-order valence-corrected chi connectivity index (χ0v) is 8.79. The predicted molar refractivity (Wildman–Crippen MR) is 54.8 cm³/mol. The molecule has 0 aromatic carbocycles. The number of aliphatic hydroxyl groups excluding tert-OH is 1. The van der Waals surface area contributed by atoms with Crippen LogP contribution in [0.4, 0.5) is 0 Å². The number of nitrogens with zero attached hydrogens (tertiary/aromatic N) is 1. The maximum Gasteiger partial charge on any atom is 0.0639 e. The number of aliphatic hydroxyl groups is 1. The Morgan fingerprint density at radius 3 is 2.85 bits per heavy atom. The molecule has 1 aliphatic rings. The maximum atomic E-state index is 9.32. The van der Waals surface area contributed by atoms with E-state index in [0.717, 1.165) is 26.2 Å². The van der Waals surface area contributed by atoms with E-state index in [1.54, 1.807) is 0 Å². The quantitative estimate of drug-likeness (QED) is 0.669. The molecule has 1 unspecified atom stereocenters. The summed E-state index contributed by atoms with van der Waals surface area (Å²) in [4.78, 5) is 2.37. The smallest absolute Gasteiger partial charge is 0.0639 e. The molecule has 1 heterocycles. The van der Waals surface area contributed by atoms with Crippen LogP contribution >= 0.6 is 0 Å². The van der Waals surface area contributed by atoms with E-state index >= 15 is 0 Å². The molecule has 0 spiro atoms. The minimum atomic E-state index is -0.207. The van der Waals surface area contributed by atoms with E-state index in [1.165, 1.54) is 12.8 Å². The van der Waals surface area contributed by atoms with Crippen molar-refractivity contribution < 1.29 is 5.11 Å². The molecule has 0 saturated carbocycles. The van der Waals surface area contributed by atoms with Gasteiger partial charge in [-0.3, -0.25) is 4.90 Å². The van der Waals surface area contributed by atoms with Gasteiger partial charge in [-0.05, 0) is 32.9 Å². The number of hydrogen-bond acceptors (Lipinski definition) is 3. The van der Waals surface area contributed by atoms with Crippen LogP contribution in [0.3, 0.4) is 0 Å². The van der Waals surface area contributed by atoms with Gasteiger partial charge in [-0.1, -0.05) is 6.92 Å². The second-order valence-corrected chi connectivity index (χ2v) is 3.94. The van der Waals surface area contributed by atoms with Gasteiger partial charge in [0.15, 0.2) is 0 Å². The van der Waals surface area contributed by atoms with Gasteiger partial charge in [0.25, 0.3) is 0 Å². The topological polar surface area (TPSA) is 35.5 Å². The van der Waals surface area contributed by atoms with Gasteiger partial charge in [0.2, 0.25) is 0 Å². The second kappa shape index (κ2) is 5.58. The first-order valence-electron chi connectivity index (χ1n) is 5.37. The molecule has 2 atom stereocenters. The Labute approximate surface area is 81.1 Å². The fourth-order valence-electron chi connectivity index (χ4n) is 2.02. The highest BCUT2D eigenvalue weighted by molar-refractivity contribution is 4.78. The Kier molecular flexibility index (Phi) is 4.70. The van der Waals surface area contributed by atoms with Crippen LogP contribution in [0.1, 0.15) is 26.7 Å². The summed E-state index contributed by atoms with van der Waals surface area (Å²) < 4.78 is 0. The number of likely N-dealkylation sites (N-methyl/N-ethyl adjacent to an activating group) is 1. The van der Waals surface area contributed by atoms with Crippen molar-refractivity contribution >= 4 is 0 Å². The van der Waals surface area contributed by atoms with E-state index in [1.807, 2.05) is 6.92 Å². The van der Waals surface area contributed by atoms with Crippen LogP contribution in [-0.4, -0.2) is 48.3 Å². The SMILES string of the molecule is CCN(C[C@H](C)O)C1CCCNC1. The average Bonchev–Trinajstić information content (AvgIpc) is 2.15. The maximum absolute atomic E-state index is 9.32. The van der Waals surface area contributed by atoms with Crippen molar-refractivity contribution in [1.29, 1.82) is 0 Å². The molecule has 1 fully saturated rings. The van der Waals surface area contributed by atoms with Crippen molar-refractivity contribution in [3.05, 3.63) is 0 Å². The summed E-state index contributed by atoms with van der Waals surface area (Å²) in [5.41, 5.74) is 0. The van der Waals surface area contributed by atoms with Crippen LogP contribution < -0.4 is 5.32 Å². The third-order valence-electron chi connectivity index (χ3n) is 2.69. The van der Waals surface area contributed by atoms with Crippen molar-refractivity contribution in [2.75, 3.05) is 26.2 Å². The number of hydrogen-bond donors (Lipinski definition) is 2. The molecule has 1 aliphatic heterocycles. The molecule has 1 saturated heterocycles. The Morgan fingerprint density at radius 1 is 1.62 bits per heavy atom. The van der Waals surface area contributed by atoms with Crippen molar-refractivity contribution in [3.63, 3.8) is 0 Å². The van der Waals surface area contributed by atoms with Crippen LogP contribution in [0.2, 0.25) is 0 Å². The molecule has 3 heteroatoms. The molecule has 3 nitrogen and oxygen atoms in total. The summed E-state index contributed by atoms with van der Waals surface area (Å²) in [7, 11) is 0. The van der Waals surface area contributed by atoms with Crippen LogP contribution in [0.5, 0.6) is 0 Å². The Bertz CT molecular complexity index is 133. The molecule has 0 radical (unpaired) electrons. The molecule has 0 aliphatic carbocycles. The zero-order chi connectivity index (χ0) is 9.68. The first-order valence-corrected chi connectivity index (χ1v) is 5.37. The van der Waals surface area contributed by atoms with Gasteiger partial charge in [0.1, 0.15) is 0 Å². The monoisotopic (exact) mass is 186 g/mol. The summed E-state index contributed by atoms with van der Waals surface area (Å²) in [6, 6.07) is 0.633. The Morgan fingerprint density at radius 2 is 2.38 bits per heavy atom. The van der Waals surface area contributed by atoms with E-state index in [4.69, 9.17) is 0 Å². The van der Waals surface area contributed by atoms with E-state index in [0.29, 0.717) is 6.04 Å². The van der Waals surface area contributed by atoms with Gasteiger partial charge in [-0.15, -0.1) is 0 Å². The van der Waals surface area contributed by atoms with E-state index in [2.05, 4.69) is 17.1 Å². The summed E-state index contributed by atoms with van der Waals surface area (Å²) in [6.07, 6.45) is 2.33. The van der Waals surface area contributed by atoms with E-state index in [-0.39, 0.29) is 6.10 Å². The standard InChI is InChI=1S/C10H22N2O/c1-3-12(8-9(2)13)10-5-4-6-11-7-10/h9-11,13H,3-8H2,1-2H3/t9-,10?/m0/s1.